The van der Waals surface area contributed by atoms with Crippen molar-refractivity contribution >= 4 is 40.5 Å². The Morgan fingerprint density at radius 3 is 2.33 bits per heavy atom. The van der Waals surface area contributed by atoms with Crippen molar-refractivity contribution in [2.75, 3.05) is 27.1 Å². The fraction of sp³-hybridized carbons (Fsp3) is 0.182. The van der Waals surface area contributed by atoms with Crippen LogP contribution in [0.5, 0.6) is 17.2 Å². The van der Waals surface area contributed by atoms with Gasteiger partial charge in [0.2, 0.25) is 5.75 Å². The third-order valence-electron chi connectivity index (χ3n) is 4.41. The molecular weight excluding hydrogens is 406 g/mol. The summed E-state index contributed by atoms with van der Waals surface area (Å²) in [6.45, 7) is 0. The van der Waals surface area contributed by atoms with Gasteiger partial charge in [-0.3, -0.25) is 9.59 Å². The molecule has 0 spiro atoms. The molecule has 0 fully saturated rings. The first kappa shape index (κ1) is 21.3. The van der Waals surface area contributed by atoms with Gasteiger partial charge in [-0.1, -0.05) is 18.2 Å². The average molecular weight is 427 g/mol. The highest BCUT2D eigenvalue weighted by Gasteiger charge is 2.21. The number of ether oxygens (including phenoxy) is 3. The third kappa shape index (κ3) is 4.44. The lowest BCUT2D eigenvalue weighted by Crippen LogP contribution is -2.06. The predicted octanol–water partition coefficient (Wildman–Crippen LogP) is 4.24. The maximum atomic E-state index is 13.3. The smallest absolute Gasteiger partial charge is 0.313 e. The van der Waals surface area contributed by atoms with Crippen molar-refractivity contribution in [1.29, 1.82) is 0 Å². The molecule has 7 nitrogen and oxygen atoms in total. The van der Waals surface area contributed by atoms with Gasteiger partial charge in [0.05, 0.1) is 32.0 Å². The fourth-order valence-corrected chi connectivity index (χ4v) is 3.76. The average Bonchev–Trinajstić information content (AvgIpc) is 3.17. The van der Waals surface area contributed by atoms with Gasteiger partial charge in [0, 0.05) is 28.2 Å². The number of carboxylic acids is 1. The third-order valence-corrected chi connectivity index (χ3v) is 5.42. The number of carbonyl (C=O) groups is 2. The topological polar surface area (TPSA) is 97.9 Å². The molecule has 0 saturated carbocycles. The maximum Gasteiger partial charge on any atom is 0.313 e. The number of thioether (sulfide) groups is 1. The molecule has 3 aromatic rings. The zero-order valence-electron chi connectivity index (χ0n) is 16.7. The van der Waals surface area contributed by atoms with E-state index in [2.05, 4.69) is 4.98 Å². The molecular formula is C22H21NO6S. The molecule has 2 N–H and O–H groups in total. The Morgan fingerprint density at radius 2 is 1.73 bits per heavy atom. The van der Waals surface area contributed by atoms with Crippen LogP contribution in [0.3, 0.4) is 0 Å². The second-order valence-corrected chi connectivity index (χ2v) is 7.24. The van der Waals surface area contributed by atoms with Crippen LogP contribution in [0, 0.1) is 0 Å². The summed E-state index contributed by atoms with van der Waals surface area (Å²) in [6, 6.07) is 10.8. The molecule has 0 atom stereocenters. The minimum absolute atomic E-state index is 0.246. The highest BCUT2D eigenvalue weighted by Crippen LogP contribution is 2.39. The Morgan fingerprint density at radius 1 is 1.07 bits per heavy atom. The molecule has 0 amide bonds. The Labute approximate surface area is 177 Å². The van der Waals surface area contributed by atoms with Crippen LogP contribution in [-0.2, 0) is 4.79 Å². The number of carboxylic acid groups (broad SMARTS) is 1. The molecule has 1 aromatic heterocycles. The number of aliphatic carboxylic acids is 1. The molecule has 0 aliphatic heterocycles. The summed E-state index contributed by atoms with van der Waals surface area (Å²) in [7, 11) is 4.41. The van der Waals surface area contributed by atoms with Gasteiger partial charge >= 0.3 is 5.97 Å². The Bertz CT molecular complexity index is 1090. The van der Waals surface area contributed by atoms with Gasteiger partial charge < -0.3 is 24.3 Å². The van der Waals surface area contributed by atoms with Crippen molar-refractivity contribution in [3.8, 4) is 17.2 Å². The molecule has 30 heavy (non-hydrogen) atoms. The molecule has 156 valence electrons. The Hall–Kier alpha value is -3.39. The summed E-state index contributed by atoms with van der Waals surface area (Å²) in [5, 5.41) is 10.1. The number of ketones is 1. The van der Waals surface area contributed by atoms with E-state index in [9.17, 15) is 9.59 Å². The highest BCUT2D eigenvalue weighted by atomic mass is 32.2. The first-order valence-corrected chi connectivity index (χ1v) is 9.94. The van der Waals surface area contributed by atoms with E-state index in [-0.39, 0.29) is 16.4 Å². The number of aromatic nitrogens is 1. The number of para-hydroxylation sites is 1. The number of rotatable bonds is 9. The van der Waals surface area contributed by atoms with Crippen LogP contribution < -0.4 is 14.2 Å². The van der Waals surface area contributed by atoms with Gasteiger partial charge in [0.1, 0.15) is 0 Å². The molecule has 0 aliphatic carbocycles. The van der Waals surface area contributed by atoms with E-state index in [1.54, 1.807) is 24.4 Å². The molecule has 2 aromatic carbocycles. The molecule has 1 heterocycles. The fourth-order valence-electron chi connectivity index (χ4n) is 3.02. The minimum Gasteiger partial charge on any atom is -0.493 e. The first-order chi connectivity index (χ1) is 14.5. The number of benzene rings is 2. The van der Waals surface area contributed by atoms with Crippen molar-refractivity contribution in [2.24, 2.45) is 0 Å². The summed E-state index contributed by atoms with van der Waals surface area (Å²) >= 11 is 0.962. The standard InChI is InChI=1S/C22H21NO6S/c1-27-17-8-13(9-18(28-2)22(17)29-3)21(26)19(30-12-20(24)25)10-14-11-23-16-7-5-4-6-15(14)16/h4-11,23H,12H2,1-3H3,(H,24,25)/b19-10-. The normalized spacial score (nSPS) is 11.4. The summed E-state index contributed by atoms with van der Waals surface area (Å²) in [5.41, 5.74) is 2.01. The van der Waals surface area contributed by atoms with Crippen LogP contribution in [0.1, 0.15) is 15.9 Å². The van der Waals surface area contributed by atoms with Crippen molar-refractivity contribution in [1.82, 2.24) is 4.98 Å². The Balaban J connectivity index is 2.08. The van der Waals surface area contributed by atoms with E-state index < -0.39 is 5.97 Å². The zero-order valence-corrected chi connectivity index (χ0v) is 17.5. The van der Waals surface area contributed by atoms with Gasteiger partial charge in [0.25, 0.3) is 0 Å². The number of fused-ring (bicyclic) bond motifs is 1. The maximum absolute atomic E-state index is 13.3. The van der Waals surface area contributed by atoms with E-state index in [0.717, 1.165) is 28.2 Å². The molecule has 0 saturated heterocycles. The van der Waals surface area contributed by atoms with E-state index in [1.807, 2.05) is 24.3 Å². The van der Waals surface area contributed by atoms with Crippen molar-refractivity contribution in [2.45, 2.75) is 0 Å². The van der Waals surface area contributed by atoms with E-state index in [4.69, 9.17) is 19.3 Å². The number of allylic oxidation sites excluding steroid dienone is 1. The highest BCUT2D eigenvalue weighted by molar-refractivity contribution is 8.04. The van der Waals surface area contributed by atoms with Gasteiger partial charge in [-0.25, -0.2) is 0 Å². The lowest BCUT2D eigenvalue weighted by molar-refractivity contribution is -0.133. The number of nitrogens with one attached hydrogen (secondary N) is 1. The minimum atomic E-state index is -1.01. The van der Waals surface area contributed by atoms with Crippen molar-refractivity contribution in [3.63, 3.8) is 0 Å². The first-order valence-electron chi connectivity index (χ1n) is 8.95. The molecule has 0 aliphatic rings. The lowest BCUT2D eigenvalue weighted by atomic mass is 10.1. The summed E-state index contributed by atoms with van der Waals surface area (Å²) < 4.78 is 16.0. The second-order valence-electron chi connectivity index (χ2n) is 6.22. The van der Waals surface area contributed by atoms with Crippen LogP contribution in [0.2, 0.25) is 0 Å². The van der Waals surface area contributed by atoms with E-state index in [1.165, 1.54) is 21.3 Å². The zero-order chi connectivity index (χ0) is 21.7. The van der Waals surface area contributed by atoms with Gasteiger partial charge in [-0.2, -0.15) is 0 Å². The number of aromatic amines is 1. The molecule has 0 radical (unpaired) electrons. The molecule has 8 heteroatoms. The number of H-pyrrole nitrogens is 1. The van der Waals surface area contributed by atoms with Crippen LogP contribution >= 0.6 is 11.8 Å². The van der Waals surface area contributed by atoms with Crippen LogP contribution in [0.25, 0.3) is 17.0 Å². The SMILES string of the molecule is COc1cc(C(=O)/C(=C/c2c[nH]c3ccccc23)SCC(=O)O)cc(OC)c1OC. The monoisotopic (exact) mass is 427 g/mol. The number of hydrogen-bond acceptors (Lipinski definition) is 6. The lowest BCUT2D eigenvalue weighted by Gasteiger charge is -2.14. The molecule has 0 bridgehead atoms. The summed E-state index contributed by atoms with van der Waals surface area (Å²) in [4.78, 5) is 27.9. The summed E-state index contributed by atoms with van der Waals surface area (Å²) in [5.74, 6) is -0.542. The van der Waals surface area contributed by atoms with Crippen LogP contribution in [0.15, 0.2) is 47.5 Å². The second kappa shape index (κ2) is 9.41. The quantitative estimate of drug-likeness (QED) is 0.389. The van der Waals surface area contributed by atoms with E-state index in [0.29, 0.717) is 22.8 Å². The number of methoxy groups -OCH3 is 3. The van der Waals surface area contributed by atoms with Gasteiger partial charge in [-0.15, -0.1) is 11.8 Å². The van der Waals surface area contributed by atoms with Crippen LogP contribution in [-0.4, -0.2) is 48.9 Å². The van der Waals surface area contributed by atoms with Crippen LogP contribution in [0.4, 0.5) is 0 Å². The predicted molar refractivity (Wildman–Crippen MR) is 117 cm³/mol. The van der Waals surface area contributed by atoms with Crippen molar-refractivity contribution in [3.05, 3.63) is 58.6 Å². The molecule has 0 unspecified atom stereocenters. The largest absolute Gasteiger partial charge is 0.493 e. The van der Waals surface area contributed by atoms with E-state index >= 15 is 0 Å². The number of hydrogen-bond donors (Lipinski definition) is 2. The van der Waals surface area contributed by atoms with Crippen molar-refractivity contribution < 1.29 is 28.9 Å². The number of Topliss-reactive ketones (excluding diaryl/α,β-unsaturated/α-hetero) is 1. The van der Waals surface area contributed by atoms with Gasteiger partial charge in [0.15, 0.2) is 17.3 Å². The van der Waals surface area contributed by atoms with Gasteiger partial charge in [-0.05, 0) is 24.3 Å². The summed E-state index contributed by atoms with van der Waals surface area (Å²) in [6.07, 6.45) is 3.48. The molecule has 3 rings (SSSR count). The number of carbonyl (C=O) groups excluding carboxylic acids is 1. The Kier molecular flexibility index (Phi) is 6.68.